The van der Waals surface area contributed by atoms with Crippen molar-refractivity contribution in [3.8, 4) is 0 Å². The Morgan fingerprint density at radius 3 is 2.55 bits per heavy atom. The van der Waals surface area contributed by atoms with Gasteiger partial charge in [-0.25, -0.2) is 16.8 Å². The van der Waals surface area contributed by atoms with Crippen LogP contribution >= 0.6 is 11.3 Å². The lowest BCUT2D eigenvalue weighted by molar-refractivity contribution is 0.341. The van der Waals surface area contributed by atoms with E-state index in [1.807, 2.05) is 13.8 Å². The number of aryl methyl sites for hydroxylation is 1. The summed E-state index contributed by atoms with van der Waals surface area (Å²) in [6.45, 7) is 4.11. The molecule has 0 aromatic carbocycles. The molecule has 0 spiro atoms. The van der Waals surface area contributed by atoms with Gasteiger partial charge in [0.15, 0.2) is 9.84 Å². The third-order valence-electron chi connectivity index (χ3n) is 3.34. The highest BCUT2D eigenvalue weighted by Crippen LogP contribution is 2.29. The minimum Gasteiger partial charge on any atom is -0.229 e. The number of rotatable bonds is 5. The normalized spacial score (nSPS) is 22.4. The molecule has 0 N–H and O–H groups in total. The molecule has 5 nitrogen and oxygen atoms in total. The van der Waals surface area contributed by atoms with Crippen LogP contribution in [0.2, 0.25) is 0 Å². The molecule has 1 aromatic heterocycles. The third-order valence-corrected chi connectivity index (χ3v) is 8.51. The highest BCUT2D eigenvalue weighted by atomic mass is 32.2. The average molecular weight is 337 g/mol. The van der Waals surface area contributed by atoms with Gasteiger partial charge in [-0.05, 0) is 31.9 Å². The van der Waals surface area contributed by atoms with E-state index in [9.17, 15) is 16.8 Å². The summed E-state index contributed by atoms with van der Waals surface area (Å²) < 4.78 is 50.2. The van der Waals surface area contributed by atoms with Crippen molar-refractivity contribution >= 4 is 31.2 Å². The van der Waals surface area contributed by atoms with Crippen LogP contribution in [0.4, 0.5) is 0 Å². The molecule has 1 unspecified atom stereocenters. The van der Waals surface area contributed by atoms with Gasteiger partial charge in [0.2, 0.25) is 0 Å². The standard InChI is InChI=1S/C12H19NO4S3/c1-3-7-13(11-6-8-19(14,15)9-11)20(16,17)12-5-4-10(2)18-12/h4-5,11H,3,6-9H2,1-2H3. The summed E-state index contributed by atoms with van der Waals surface area (Å²) >= 11 is 1.23. The van der Waals surface area contributed by atoms with Gasteiger partial charge in [-0.1, -0.05) is 6.92 Å². The van der Waals surface area contributed by atoms with Crippen LogP contribution in [0, 0.1) is 6.92 Å². The molecule has 1 atom stereocenters. The Morgan fingerprint density at radius 2 is 2.10 bits per heavy atom. The van der Waals surface area contributed by atoms with Gasteiger partial charge >= 0.3 is 0 Å². The average Bonchev–Trinajstić information content (AvgIpc) is 2.92. The first-order valence-electron chi connectivity index (χ1n) is 6.55. The molecule has 1 aliphatic rings. The van der Waals surface area contributed by atoms with Gasteiger partial charge in [-0.2, -0.15) is 4.31 Å². The van der Waals surface area contributed by atoms with Crippen LogP contribution in [0.15, 0.2) is 16.3 Å². The molecule has 1 saturated heterocycles. The highest BCUT2D eigenvalue weighted by molar-refractivity contribution is 7.92. The summed E-state index contributed by atoms with van der Waals surface area (Å²) in [6.07, 6.45) is 1.06. The van der Waals surface area contributed by atoms with Crippen molar-refractivity contribution in [2.75, 3.05) is 18.1 Å². The predicted octanol–water partition coefficient (Wildman–Crippen LogP) is 1.64. The largest absolute Gasteiger partial charge is 0.252 e. The van der Waals surface area contributed by atoms with Crippen LogP contribution in [0.3, 0.4) is 0 Å². The second kappa shape index (κ2) is 5.75. The molecule has 0 aliphatic carbocycles. The number of hydrogen-bond acceptors (Lipinski definition) is 5. The number of sulfonamides is 1. The van der Waals surface area contributed by atoms with Crippen LogP contribution in [-0.2, 0) is 19.9 Å². The van der Waals surface area contributed by atoms with Gasteiger partial charge in [0.05, 0.1) is 11.5 Å². The topological polar surface area (TPSA) is 71.5 Å². The Kier molecular flexibility index (Phi) is 4.58. The quantitative estimate of drug-likeness (QED) is 0.819. The van der Waals surface area contributed by atoms with E-state index < -0.39 is 25.9 Å². The molecular formula is C12H19NO4S3. The van der Waals surface area contributed by atoms with Crippen LogP contribution < -0.4 is 0 Å². The van der Waals surface area contributed by atoms with Gasteiger partial charge in [0.1, 0.15) is 4.21 Å². The number of thiophene rings is 1. The van der Waals surface area contributed by atoms with Crippen LogP contribution in [-0.4, -0.2) is 45.2 Å². The van der Waals surface area contributed by atoms with Gasteiger partial charge in [-0.3, -0.25) is 0 Å². The first kappa shape index (κ1) is 15.9. The van der Waals surface area contributed by atoms with Crippen LogP contribution in [0.1, 0.15) is 24.6 Å². The second-order valence-electron chi connectivity index (χ2n) is 5.04. The summed E-state index contributed by atoms with van der Waals surface area (Å²) in [7, 11) is -6.69. The lowest BCUT2D eigenvalue weighted by Crippen LogP contribution is -2.41. The van der Waals surface area contributed by atoms with E-state index in [2.05, 4.69) is 0 Å². The maximum Gasteiger partial charge on any atom is 0.252 e. The van der Waals surface area contributed by atoms with Crippen LogP contribution in [0.25, 0.3) is 0 Å². The first-order chi connectivity index (χ1) is 9.26. The van der Waals surface area contributed by atoms with Crippen molar-refractivity contribution in [2.45, 2.75) is 36.9 Å². The Bertz CT molecular complexity index is 675. The van der Waals surface area contributed by atoms with E-state index in [1.165, 1.54) is 15.6 Å². The minimum atomic E-state index is -3.59. The minimum absolute atomic E-state index is 0.0589. The molecule has 114 valence electrons. The van der Waals surface area contributed by atoms with Crippen molar-refractivity contribution in [1.29, 1.82) is 0 Å². The fourth-order valence-electron chi connectivity index (χ4n) is 2.39. The van der Waals surface area contributed by atoms with Crippen molar-refractivity contribution < 1.29 is 16.8 Å². The molecule has 2 heterocycles. The number of sulfone groups is 1. The van der Waals surface area contributed by atoms with E-state index in [0.29, 0.717) is 23.6 Å². The van der Waals surface area contributed by atoms with Gasteiger partial charge in [-0.15, -0.1) is 11.3 Å². The molecule has 0 bridgehead atoms. The molecule has 0 amide bonds. The zero-order chi connectivity index (χ0) is 15.0. The van der Waals surface area contributed by atoms with Gasteiger partial charge in [0, 0.05) is 17.5 Å². The Hall–Kier alpha value is -0.440. The Balaban J connectivity index is 2.33. The zero-order valence-corrected chi connectivity index (χ0v) is 14.0. The van der Waals surface area contributed by atoms with Crippen molar-refractivity contribution in [2.24, 2.45) is 0 Å². The molecular weight excluding hydrogens is 318 g/mol. The predicted molar refractivity (Wildman–Crippen MR) is 80.3 cm³/mol. The Labute approximate surface area is 124 Å². The first-order valence-corrected chi connectivity index (χ1v) is 10.6. The van der Waals surface area contributed by atoms with E-state index in [-0.39, 0.29) is 11.5 Å². The van der Waals surface area contributed by atoms with Crippen molar-refractivity contribution in [3.05, 3.63) is 17.0 Å². The van der Waals surface area contributed by atoms with Crippen molar-refractivity contribution in [3.63, 3.8) is 0 Å². The Morgan fingerprint density at radius 1 is 1.40 bits per heavy atom. The molecule has 1 aromatic rings. The number of hydrogen-bond donors (Lipinski definition) is 0. The van der Waals surface area contributed by atoms with Crippen molar-refractivity contribution in [1.82, 2.24) is 4.31 Å². The highest BCUT2D eigenvalue weighted by Gasteiger charge is 2.38. The lowest BCUT2D eigenvalue weighted by atomic mass is 10.2. The summed E-state index contributed by atoms with van der Waals surface area (Å²) in [4.78, 5) is 0.930. The molecule has 8 heteroatoms. The molecule has 1 fully saturated rings. The fourth-order valence-corrected chi connectivity index (χ4v) is 7.37. The summed E-state index contributed by atoms with van der Waals surface area (Å²) in [5.41, 5.74) is 0. The maximum absolute atomic E-state index is 12.7. The fraction of sp³-hybridized carbons (Fsp3) is 0.667. The van der Waals surface area contributed by atoms with E-state index >= 15 is 0 Å². The third kappa shape index (κ3) is 3.24. The lowest BCUT2D eigenvalue weighted by Gasteiger charge is -2.26. The molecule has 0 radical (unpaired) electrons. The SMILES string of the molecule is CCCN(C1CCS(=O)(=O)C1)S(=O)(=O)c1ccc(C)s1. The molecule has 0 saturated carbocycles. The summed E-state index contributed by atoms with van der Waals surface area (Å²) in [6, 6.07) is 2.95. The monoisotopic (exact) mass is 337 g/mol. The number of nitrogens with zero attached hydrogens (tertiary/aromatic N) is 1. The molecule has 2 rings (SSSR count). The molecule has 1 aliphatic heterocycles. The maximum atomic E-state index is 12.7. The van der Waals surface area contributed by atoms with E-state index in [1.54, 1.807) is 12.1 Å². The second-order valence-corrected chi connectivity index (χ2v) is 10.7. The van der Waals surface area contributed by atoms with Crippen LogP contribution in [0.5, 0.6) is 0 Å². The van der Waals surface area contributed by atoms with E-state index in [4.69, 9.17) is 0 Å². The smallest absolute Gasteiger partial charge is 0.229 e. The van der Waals surface area contributed by atoms with Gasteiger partial charge in [0.25, 0.3) is 10.0 Å². The van der Waals surface area contributed by atoms with E-state index in [0.717, 1.165) is 4.88 Å². The van der Waals surface area contributed by atoms with Gasteiger partial charge < -0.3 is 0 Å². The summed E-state index contributed by atoms with van der Waals surface area (Å²) in [5.74, 6) is 0.0213. The zero-order valence-electron chi connectivity index (χ0n) is 11.6. The summed E-state index contributed by atoms with van der Waals surface area (Å²) in [5, 5.41) is 0. The molecule has 20 heavy (non-hydrogen) atoms.